The van der Waals surface area contributed by atoms with Crippen molar-refractivity contribution in [3.05, 3.63) is 54.3 Å². The number of furan rings is 1. The third-order valence-electron chi connectivity index (χ3n) is 4.63. The minimum Gasteiger partial charge on any atom is -0.460 e. The first-order valence-corrected chi connectivity index (χ1v) is 9.04. The Bertz CT molecular complexity index is 1250. The summed E-state index contributed by atoms with van der Waals surface area (Å²) in [6.07, 6.45) is 9.13. The number of pyridine rings is 2. The van der Waals surface area contributed by atoms with Crippen molar-refractivity contribution in [3.63, 3.8) is 0 Å². The fraction of sp³-hybridized carbons (Fsp3) is 0.105. The molecule has 0 saturated heterocycles. The average molecular weight is 361 g/mol. The number of hydrogen-bond donors (Lipinski definition) is 1. The summed E-state index contributed by atoms with van der Waals surface area (Å²) in [5.41, 5.74) is 4.98. The summed E-state index contributed by atoms with van der Waals surface area (Å²) in [5.74, 6) is 0.706. The summed E-state index contributed by atoms with van der Waals surface area (Å²) < 4.78 is 8.58. The molecule has 0 aliphatic heterocycles. The lowest BCUT2D eigenvalue weighted by Gasteiger charge is -2.08. The quantitative estimate of drug-likeness (QED) is 0.495. The Labute approximate surface area is 153 Å². The van der Waals surface area contributed by atoms with E-state index in [1.165, 1.54) is 0 Å². The van der Waals surface area contributed by atoms with Crippen molar-refractivity contribution in [1.29, 1.82) is 0 Å². The number of nitrogens with zero attached hydrogens (tertiary/aromatic N) is 4. The summed E-state index contributed by atoms with van der Waals surface area (Å²) >= 11 is 1.65. The van der Waals surface area contributed by atoms with Crippen molar-refractivity contribution in [1.82, 2.24) is 19.7 Å². The molecule has 0 aliphatic carbocycles. The number of anilines is 2. The molecule has 0 unspecified atom stereocenters. The molecule has 1 N–H and O–H groups in total. The minimum absolute atomic E-state index is 0.706. The van der Waals surface area contributed by atoms with Gasteiger partial charge < -0.3 is 9.73 Å². The van der Waals surface area contributed by atoms with Gasteiger partial charge in [0.25, 0.3) is 0 Å². The first kappa shape index (κ1) is 15.1. The van der Waals surface area contributed by atoms with Gasteiger partial charge in [-0.1, -0.05) is 0 Å². The second kappa shape index (κ2) is 5.67. The SMILES string of the molecule is Cc1c(-c2cncc3scc(Nc4nccc5ccoc45)c23)cnn1C. The van der Waals surface area contributed by atoms with Crippen LogP contribution in [-0.2, 0) is 7.05 Å². The molecular weight excluding hydrogens is 346 g/mol. The molecule has 0 bridgehead atoms. The topological polar surface area (TPSA) is 68.8 Å². The highest BCUT2D eigenvalue weighted by Gasteiger charge is 2.16. The Morgan fingerprint density at radius 2 is 2.08 bits per heavy atom. The van der Waals surface area contributed by atoms with E-state index in [4.69, 9.17) is 4.42 Å². The molecule has 0 atom stereocenters. The molecule has 7 heteroatoms. The predicted molar refractivity (Wildman–Crippen MR) is 104 cm³/mol. The van der Waals surface area contributed by atoms with Crippen LogP contribution in [0.1, 0.15) is 5.69 Å². The van der Waals surface area contributed by atoms with Gasteiger partial charge in [-0.3, -0.25) is 9.67 Å². The van der Waals surface area contributed by atoms with Gasteiger partial charge in [0.2, 0.25) is 0 Å². The second-order valence-electron chi connectivity index (χ2n) is 6.10. The van der Waals surface area contributed by atoms with Crippen LogP contribution in [0.5, 0.6) is 0 Å². The summed E-state index contributed by atoms with van der Waals surface area (Å²) in [5, 5.41) is 12.0. The molecule has 0 saturated carbocycles. The fourth-order valence-electron chi connectivity index (χ4n) is 3.16. The average Bonchev–Trinajstić information content (AvgIpc) is 3.36. The molecule has 26 heavy (non-hydrogen) atoms. The lowest BCUT2D eigenvalue weighted by molar-refractivity contribution is 0.615. The summed E-state index contributed by atoms with van der Waals surface area (Å²) in [6, 6.07) is 3.87. The molecule has 6 nitrogen and oxygen atoms in total. The van der Waals surface area contributed by atoms with Crippen LogP contribution in [0.3, 0.4) is 0 Å². The number of thiophene rings is 1. The van der Waals surface area contributed by atoms with Crippen molar-refractivity contribution in [3.8, 4) is 11.1 Å². The van der Waals surface area contributed by atoms with Crippen LogP contribution in [0.25, 0.3) is 32.2 Å². The molecule has 5 aromatic rings. The first-order valence-electron chi connectivity index (χ1n) is 8.16. The molecule has 0 aromatic carbocycles. The van der Waals surface area contributed by atoms with Crippen LogP contribution in [0.15, 0.2) is 53.0 Å². The van der Waals surface area contributed by atoms with Gasteiger partial charge in [0, 0.05) is 58.6 Å². The Morgan fingerprint density at radius 3 is 2.92 bits per heavy atom. The predicted octanol–water partition coefficient (Wildman–Crippen LogP) is 4.89. The molecule has 5 heterocycles. The maximum absolute atomic E-state index is 5.60. The highest BCUT2D eigenvalue weighted by atomic mass is 32.1. The molecule has 128 valence electrons. The number of hydrogen-bond acceptors (Lipinski definition) is 6. The third kappa shape index (κ3) is 2.21. The van der Waals surface area contributed by atoms with Crippen LogP contribution in [-0.4, -0.2) is 19.7 Å². The summed E-state index contributed by atoms with van der Waals surface area (Å²) in [6.45, 7) is 2.06. The molecule has 5 aromatic heterocycles. The zero-order valence-corrected chi connectivity index (χ0v) is 15.0. The lowest BCUT2D eigenvalue weighted by atomic mass is 10.0. The first-order chi connectivity index (χ1) is 12.7. The Kier molecular flexibility index (Phi) is 3.29. The van der Waals surface area contributed by atoms with Crippen LogP contribution in [0.4, 0.5) is 11.5 Å². The van der Waals surface area contributed by atoms with E-state index in [1.807, 2.05) is 42.5 Å². The van der Waals surface area contributed by atoms with E-state index < -0.39 is 0 Å². The molecule has 0 fully saturated rings. The van der Waals surface area contributed by atoms with E-state index in [0.29, 0.717) is 5.82 Å². The van der Waals surface area contributed by atoms with Crippen molar-refractivity contribution in [2.24, 2.45) is 7.05 Å². The van der Waals surface area contributed by atoms with Crippen molar-refractivity contribution in [2.75, 3.05) is 5.32 Å². The van der Waals surface area contributed by atoms with Crippen LogP contribution in [0, 0.1) is 6.92 Å². The van der Waals surface area contributed by atoms with Gasteiger partial charge in [-0.05, 0) is 19.1 Å². The van der Waals surface area contributed by atoms with Crippen LogP contribution < -0.4 is 5.32 Å². The smallest absolute Gasteiger partial charge is 0.176 e. The van der Waals surface area contributed by atoms with Gasteiger partial charge in [-0.15, -0.1) is 11.3 Å². The highest BCUT2D eigenvalue weighted by molar-refractivity contribution is 7.17. The van der Waals surface area contributed by atoms with Gasteiger partial charge >= 0.3 is 0 Å². The molecule has 0 amide bonds. The lowest BCUT2D eigenvalue weighted by Crippen LogP contribution is -1.95. The van der Waals surface area contributed by atoms with E-state index in [9.17, 15) is 0 Å². The van der Waals surface area contributed by atoms with E-state index >= 15 is 0 Å². The summed E-state index contributed by atoms with van der Waals surface area (Å²) in [4.78, 5) is 8.87. The largest absolute Gasteiger partial charge is 0.460 e. The van der Waals surface area contributed by atoms with E-state index in [-0.39, 0.29) is 0 Å². The van der Waals surface area contributed by atoms with Crippen LogP contribution >= 0.6 is 11.3 Å². The van der Waals surface area contributed by atoms with Gasteiger partial charge in [-0.2, -0.15) is 5.10 Å². The normalized spacial score (nSPS) is 11.5. The third-order valence-corrected chi connectivity index (χ3v) is 5.55. The molecule has 5 rings (SSSR count). The van der Waals surface area contributed by atoms with Gasteiger partial charge in [0.1, 0.15) is 0 Å². The fourth-order valence-corrected chi connectivity index (χ4v) is 4.04. The number of nitrogens with one attached hydrogen (secondary N) is 1. The van der Waals surface area contributed by atoms with Gasteiger partial charge in [-0.25, -0.2) is 4.98 Å². The zero-order chi connectivity index (χ0) is 17.7. The number of rotatable bonds is 3. The van der Waals surface area contributed by atoms with E-state index in [2.05, 4.69) is 32.7 Å². The monoisotopic (exact) mass is 361 g/mol. The summed E-state index contributed by atoms with van der Waals surface area (Å²) in [7, 11) is 1.95. The van der Waals surface area contributed by atoms with Crippen molar-refractivity contribution >= 4 is 43.9 Å². The van der Waals surface area contributed by atoms with Crippen molar-refractivity contribution in [2.45, 2.75) is 6.92 Å². The number of aromatic nitrogens is 4. The van der Waals surface area contributed by atoms with E-state index in [1.54, 1.807) is 23.8 Å². The molecular formula is C19H15N5OS. The maximum Gasteiger partial charge on any atom is 0.176 e. The highest BCUT2D eigenvalue weighted by Crippen LogP contribution is 2.40. The van der Waals surface area contributed by atoms with Gasteiger partial charge in [0.05, 0.1) is 22.8 Å². The van der Waals surface area contributed by atoms with Gasteiger partial charge in [0.15, 0.2) is 11.4 Å². The minimum atomic E-state index is 0.706. The standard InChI is InChI=1S/C19H15N5OS/c1-11-13(8-22-24(11)2)14-7-20-9-16-17(14)15(10-26-16)23-19-18-12(3-5-21-19)4-6-25-18/h3-10H,1-2H3,(H,21,23). The Morgan fingerprint density at radius 1 is 1.15 bits per heavy atom. The molecule has 0 spiro atoms. The Hall–Kier alpha value is -3.19. The molecule has 0 radical (unpaired) electrons. The number of fused-ring (bicyclic) bond motifs is 2. The van der Waals surface area contributed by atoms with Crippen LogP contribution in [0.2, 0.25) is 0 Å². The number of aryl methyl sites for hydroxylation is 1. The van der Waals surface area contributed by atoms with E-state index in [0.717, 1.165) is 43.6 Å². The Balaban J connectivity index is 1.70. The zero-order valence-electron chi connectivity index (χ0n) is 14.2. The maximum atomic E-state index is 5.60. The second-order valence-corrected chi connectivity index (χ2v) is 7.01. The van der Waals surface area contributed by atoms with Crippen molar-refractivity contribution < 1.29 is 4.42 Å². The molecule has 0 aliphatic rings.